The molecule has 0 radical (unpaired) electrons. The molecule has 0 bridgehead atoms. The normalized spacial score (nSPS) is 11.8. The molecule has 5 heteroatoms. The van der Waals surface area contributed by atoms with Crippen LogP contribution in [-0.2, 0) is 9.53 Å². The van der Waals surface area contributed by atoms with Crippen molar-refractivity contribution >= 4 is 17.3 Å². The Balaban J connectivity index is 2.50. The maximum absolute atomic E-state index is 10.9. The maximum atomic E-state index is 10.9. The summed E-state index contributed by atoms with van der Waals surface area (Å²) in [5, 5.41) is 8.63. The summed E-state index contributed by atoms with van der Waals surface area (Å²) < 4.78 is 4.52. The molecular formula is C10H12N2O2S. The molecule has 1 aromatic heterocycles. The molecule has 0 fully saturated rings. The first-order valence-electron chi connectivity index (χ1n) is 4.49. The van der Waals surface area contributed by atoms with E-state index in [4.69, 9.17) is 11.0 Å². The predicted octanol–water partition coefficient (Wildman–Crippen LogP) is 1.57. The predicted molar refractivity (Wildman–Crippen MR) is 57.2 cm³/mol. The molecule has 15 heavy (non-hydrogen) atoms. The Morgan fingerprint density at radius 3 is 3.00 bits per heavy atom. The summed E-state index contributed by atoms with van der Waals surface area (Å²) in [6.07, 6.45) is 0.843. The van der Waals surface area contributed by atoms with Crippen molar-refractivity contribution < 1.29 is 9.53 Å². The van der Waals surface area contributed by atoms with Gasteiger partial charge < -0.3 is 10.5 Å². The number of nitriles is 1. The van der Waals surface area contributed by atoms with E-state index in [-0.39, 0.29) is 12.0 Å². The van der Waals surface area contributed by atoms with Crippen molar-refractivity contribution in [3.8, 4) is 6.07 Å². The van der Waals surface area contributed by atoms with E-state index in [2.05, 4.69) is 4.74 Å². The van der Waals surface area contributed by atoms with Crippen molar-refractivity contribution in [3.63, 3.8) is 0 Å². The molecule has 0 aliphatic rings. The summed E-state index contributed by atoms with van der Waals surface area (Å²) >= 11 is 1.36. The lowest BCUT2D eigenvalue weighted by molar-refractivity contribution is -0.140. The van der Waals surface area contributed by atoms with E-state index in [0.717, 1.165) is 4.88 Å². The van der Waals surface area contributed by atoms with Crippen molar-refractivity contribution in [2.75, 3.05) is 7.11 Å². The second-order valence-electron chi connectivity index (χ2n) is 3.04. The molecule has 0 spiro atoms. The lowest BCUT2D eigenvalue weighted by Crippen LogP contribution is -2.11. The molecule has 0 saturated heterocycles. The molecule has 80 valence electrons. The lowest BCUT2D eigenvalue weighted by Gasteiger charge is -2.07. The number of thiophene rings is 1. The number of carbonyl (C=O) groups is 1. The third-order valence-electron chi connectivity index (χ3n) is 1.99. The first-order chi connectivity index (χ1) is 7.17. The third kappa shape index (κ3) is 3.35. The van der Waals surface area contributed by atoms with Crippen LogP contribution in [0.5, 0.6) is 0 Å². The number of hydrogen-bond donors (Lipinski definition) is 1. The van der Waals surface area contributed by atoms with E-state index >= 15 is 0 Å². The smallest absolute Gasteiger partial charge is 0.305 e. The zero-order valence-corrected chi connectivity index (χ0v) is 9.21. The van der Waals surface area contributed by atoms with Crippen LogP contribution in [0.15, 0.2) is 12.1 Å². The van der Waals surface area contributed by atoms with E-state index in [0.29, 0.717) is 17.7 Å². The van der Waals surface area contributed by atoms with Crippen LogP contribution in [0.4, 0.5) is 0 Å². The summed E-state index contributed by atoms with van der Waals surface area (Å²) in [5.41, 5.74) is 5.86. The number of carbonyl (C=O) groups excluding carboxylic acids is 1. The largest absolute Gasteiger partial charge is 0.469 e. The van der Waals surface area contributed by atoms with E-state index in [1.807, 2.05) is 12.1 Å². The van der Waals surface area contributed by atoms with Gasteiger partial charge in [0.1, 0.15) is 10.9 Å². The van der Waals surface area contributed by atoms with Gasteiger partial charge in [-0.1, -0.05) is 0 Å². The summed E-state index contributed by atoms with van der Waals surface area (Å²) in [6.45, 7) is 0. The fourth-order valence-corrected chi connectivity index (χ4v) is 1.97. The van der Waals surface area contributed by atoms with Crippen LogP contribution in [0.1, 0.15) is 28.6 Å². The number of ether oxygens (including phenoxy) is 1. The molecule has 1 unspecified atom stereocenters. The van der Waals surface area contributed by atoms with Crippen LogP contribution in [0.2, 0.25) is 0 Å². The second-order valence-corrected chi connectivity index (χ2v) is 4.15. The van der Waals surface area contributed by atoms with Crippen LogP contribution in [0, 0.1) is 11.3 Å². The fourth-order valence-electron chi connectivity index (χ4n) is 1.13. The number of nitrogens with zero attached hydrogens (tertiary/aromatic N) is 1. The molecular weight excluding hydrogens is 212 g/mol. The van der Waals surface area contributed by atoms with Crippen LogP contribution in [-0.4, -0.2) is 13.1 Å². The number of hydrogen-bond acceptors (Lipinski definition) is 5. The van der Waals surface area contributed by atoms with Gasteiger partial charge in [-0.15, -0.1) is 11.3 Å². The van der Waals surface area contributed by atoms with Gasteiger partial charge in [-0.05, 0) is 18.6 Å². The number of esters is 1. The van der Waals surface area contributed by atoms with Crippen LogP contribution < -0.4 is 5.73 Å². The zero-order chi connectivity index (χ0) is 11.3. The van der Waals surface area contributed by atoms with Gasteiger partial charge in [0.25, 0.3) is 0 Å². The monoisotopic (exact) mass is 224 g/mol. The highest BCUT2D eigenvalue weighted by atomic mass is 32.1. The molecule has 1 rings (SSSR count). The first-order valence-corrected chi connectivity index (χ1v) is 5.31. The van der Waals surface area contributed by atoms with Gasteiger partial charge in [0.2, 0.25) is 0 Å². The number of rotatable bonds is 4. The topological polar surface area (TPSA) is 76.1 Å². The summed E-state index contributed by atoms with van der Waals surface area (Å²) in [7, 11) is 1.35. The highest BCUT2D eigenvalue weighted by Crippen LogP contribution is 2.24. The highest BCUT2D eigenvalue weighted by Gasteiger charge is 2.11. The number of methoxy groups -OCH3 is 1. The van der Waals surface area contributed by atoms with Gasteiger partial charge in [0.15, 0.2) is 0 Å². The molecule has 1 heterocycles. The SMILES string of the molecule is COC(=O)CCC(N)c1ccc(C#N)s1. The van der Waals surface area contributed by atoms with Gasteiger partial charge >= 0.3 is 5.97 Å². The van der Waals surface area contributed by atoms with E-state index < -0.39 is 0 Å². The Morgan fingerprint density at radius 2 is 2.47 bits per heavy atom. The van der Waals surface area contributed by atoms with Crippen molar-refractivity contribution in [2.24, 2.45) is 5.73 Å². The highest BCUT2D eigenvalue weighted by molar-refractivity contribution is 7.12. The van der Waals surface area contributed by atoms with Gasteiger partial charge in [-0.2, -0.15) is 5.26 Å². The lowest BCUT2D eigenvalue weighted by atomic mass is 10.1. The molecule has 4 nitrogen and oxygen atoms in total. The third-order valence-corrected chi connectivity index (χ3v) is 3.11. The van der Waals surface area contributed by atoms with Gasteiger partial charge in [0, 0.05) is 17.3 Å². The summed E-state index contributed by atoms with van der Waals surface area (Å²) in [5.74, 6) is -0.262. The average Bonchev–Trinajstić information content (AvgIpc) is 2.73. The standard InChI is InChI=1S/C10H12N2O2S/c1-14-10(13)5-3-8(12)9-4-2-7(6-11)15-9/h2,4,8H,3,5,12H2,1H3. The second kappa shape index (κ2) is 5.49. The summed E-state index contributed by atoms with van der Waals surface area (Å²) in [6, 6.07) is 5.41. The zero-order valence-electron chi connectivity index (χ0n) is 8.40. The van der Waals surface area contributed by atoms with E-state index in [1.54, 1.807) is 6.07 Å². The Labute approximate surface area is 92.3 Å². The Morgan fingerprint density at radius 1 is 1.73 bits per heavy atom. The van der Waals surface area contributed by atoms with Crippen LogP contribution >= 0.6 is 11.3 Å². The minimum absolute atomic E-state index is 0.198. The molecule has 2 N–H and O–H groups in total. The fraction of sp³-hybridized carbons (Fsp3) is 0.400. The molecule has 0 aliphatic heterocycles. The van der Waals surface area contributed by atoms with Gasteiger partial charge in [-0.3, -0.25) is 4.79 Å². The van der Waals surface area contributed by atoms with Crippen LogP contribution in [0.25, 0.3) is 0 Å². The molecule has 0 saturated carbocycles. The molecule has 0 aromatic carbocycles. The molecule has 0 aliphatic carbocycles. The average molecular weight is 224 g/mol. The minimum Gasteiger partial charge on any atom is -0.469 e. The van der Waals surface area contributed by atoms with Gasteiger partial charge in [-0.25, -0.2) is 0 Å². The van der Waals surface area contributed by atoms with Crippen molar-refractivity contribution in [2.45, 2.75) is 18.9 Å². The van der Waals surface area contributed by atoms with Gasteiger partial charge in [0.05, 0.1) is 7.11 Å². The van der Waals surface area contributed by atoms with Crippen molar-refractivity contribution in [3.05, 3.63) is 21.9 Å². The Hall–Kier alpha value is -1.38. The quantitative estimate of drug-likeness (QED) is 0.788. The van der Waals surface area contributed by atoms with E-state index in [1.165, 1.54) is 18.4 Å². The van der Waals surface area contributed by atoms with Crippen molar-refractivity contribution in [1.82, 2.24) is 0 Å². The first kappa shape index (κ1) is 11.7. The molecule has 1 aromatic rings. The van der Waals surface area contributed by atoms with E-state index in [9.17, 15) is 4.79 Å². The molecule has 0 amide bonds. The Bertz CT molecular complexity index is 381. The van der Waals surface area contributed by atoms with Crippen LogP contribution in [0.3, 0.4) is 0 Å². The number of nitrogens with two attached hydrogens (primary N) is 1. The minimum atomic E-state index is -0.262. The maximum Gasteiger partial charge on any atom is 0.305 e. The summed E-state index contributed by atoms with van der Waals surface area (Å²) in [4.78, 5) is 12.4. The van der Waals surface area contributed by atoms with Crippen molar-refractivity contribution in [1.29, 1.82) is 5.26 Å². The Kier molecular flexibility index (Phi) is 4.28. The molecule has 1 atom stereocenters.